The molecule has 1 heterocycles. The largest absolute Gasteiger partial charge is 0.493 e. The zero-order chi connectivity index (χ0) is 14.1. The van der Waals surface area contributed by atoms with Crippen molar-refractivity contribution in [3.8, 4) is 5.75 Å². The molecule has 0 aromatic heterocycles. The van der Waals surface area contributed by atoms with E-state index in [1.807, 2.05) is 0 Å². The number of fused-ring (bicyclic) bond motifs is 2. The zero-order valence-electron chi connectivity index (χ0n) is 12.3. The molecule has 0 saturated carbocycles. The summed E-state index contributed by atoms with van der Waals surface area (Å²) in [5.41, 5.74) is 5.55. The Balaban J connectivity index is 1.62. The van der Waals surface area contributed by atoms with Crippen LogP contribution < -0.4 is 10.1 Å². The molecule has 2 aromatic rings. The summed E-state index contributed by atoms with van der Waals surface area (Å²) >= 11 is 0. The van der Waals surface area contributed by atoms with Gasteiger partial charge < -0.3 is 10.1 Å². The number of hydrogen-bond acceptors (Lipinski definition) is 2. The third-order valence-corrected chi connectivity index (χ3v) is 4.65. The number of anilines is 1. The molecule has 1 aliphatic heterocycles. The van der Waals surface area contributed by atoms with E-state index >= 15 is 0 Å². The highest BCUT2D eigenvalue weighted by Gasteiger charge is 2.19. The maximum atomic E-state index is 5.59. The average Bonchev–Trinajstić information content (AvgIpc) is 2.89. The van der Waals surface area contributed by atoms with Crippen LogP contribution in [0.4, 0.5) is 5.69 Å². The quantitative estimate of drug-likeness (QED) is 0.817. The summed E-state index contributed by atoms with van der Waals surface area (Å²) in [6.07, 6.45) is 6.05. The van der Waals surface area contributed by atoms with Gasteiger partial charge in [0.2, 0.25) is 0 Å². The number of ether oxygens (including phenoxy) is 1. The first-order valence-electron chi connectivity index (χ1n) is 8.00. The summed E-state index contributed by atoms with van der Waals surface area (Å²) in [7, 11) is 0. The number of hydrogen-bond donors (Lipinski definition) is 1. The standard InChI is InChI=1S/C19H21NO/c1-3-7-17-14(5-1)6-2-4-8-18(17)20-16-9-10-19-15(13-16)11-12-21-19/h1,3,5,7,9-10,13,18,20H,2,4,6,8,11-12H2. The van der Waals surface area contributed by atoms with Gasteiger partial charge >= 0.3 is 0 Å². The Labute approximate surface area is 126 Å². The van der Waals surface area contributed by atoms with Gasteiger partial charge in [-0.25, -0.2) is 0 Å². The smallest absolute Gasteiger partial charge is 0.122 e. The maximum Gasteiger partial charge on any atom is 0.122 e. The molecule has 1 unspecified atom stereocenters. The van der Waals surface area contributed by atoms with Crippen LogP contribution in [0.1, 0.15) is 42.0 Å². The lowest BCUT2D eigenvalue weighted by Crippen LogP contribution is -2.11. The van der Waals surface area contributed by atoms with Crippen molar-refractivity contribution in [1.29, 1.82) is 0 Å². The highest BCUT2D eigenvalue weighted by Crippen LogP contribution is 2.33. The second-order valence-electron chi connectivity index (χ2n) is 6.06. The normalized spacial score (nSPS) is 20.1. The Hall–Kier alpha value is -1.96. The highest BCUT2D eigenvalue weighted by molar-refractivity contribution is 5.54. The fourth-order valence-corrected chi connectivity index (χ4v) is 3.55. The highest BCUT2D eigenvalue weighted by atomic mass is 16.5. The molecule has 0 bridgehead atoms. The molecular formula is C19H21NO. The van der Waals surface area contributed by atoms with Gasteiger partial charge in [0, 0.05) is 12.1 Å². The molecule has 2 nitrogen and oxygen atoms in total. The fraction of sp³-hybridized carbons (Fsp3) is 0.368. The van der Waals surface area contributed by atoms with Crippen molar-refractivity contribution in [3.63, 3.8) is 0 Å². The predicted octanol–water partition coefficient (Wildman–Crippen LogP) is 4.50. The molecule has 0 amide bonds. The van der Waals surface area contributed by atoms with Crippen LogP contribution in [0, 0.1) is 0 Å². The van der Waals surface area contributed by atoms with Gasteiger partial charge in [-0.1, -0.05) is 30.7 Å². The van der Waals surface area contributed by atoms with E-state index < -0.39 is 0 Å². The number of rotatable bonds is 2. The summed E-state index contributed by atoms with van der Waals surface area (Å²) in [4.78, 5) is 0. The van der Waals surface area contributed by atoms with Crippen LogP contribution in [0.15, 0.2) is 42.5 Å². The molecule has 2 aromatic carbocycles. The summed E-state index contributed by atoms with van der Waals surface area (Å²) in [5, 5.41) is 3.75. The molecule has 2 aliphatic rings. The van der Waals surface area contributed by atoms with E-state index in [0.29, 0.717) is 6.04 Å². The van der Waals surface area contributed by atoms with Gasteiger partial charge in [0.15, 0.2) is 0 Å². The second-order valence-corrected chi connectivity index (χ2v) is 6.06. The molecule has 0 saturated heterocycles. The molecule has 2 heteroatoms. The SMILES string of the molecule is c1ccc2c(c1)CCCCC2Nc1ccc2c(c1)CCO2. The lowest BCUT2D eigenvalue weighted by atomic mass is 9.98. The third kappa shape index (κ3) is 2.51. The van der Waals surface area contributed by atoms with Crippen LogP contribution in [0.3, 0.4) is 0 Å². The van der Waals surface area contributed by atoms with Crippen molar-refractivity contribution in [1.82, 2.24) is 0 Å². The van der Waals surface area contributed by atoms with Gasteiger partial charge in [-0.3, -0.25) is 0 Å². The Morgan fingerprint density at radius 2 is 1.90 bits per heavy atom. The van der Waals surface area contributed by atoms with Crippen molar-refractivity contribution in [3.05, 3.63) is 59.2 Å². The molecule has 0 fully saturated rings. The minimum atomic E-state index is 0.434. The zero-order valence-corrected chi connectivity index (χ0v) is 12.3. The van der Waals surface area contributed by atoms with Crippen LogP contribution >= 0.6 is 0 Å². The molecule has 4 rings (SSSR count). The van der Waals surface area contributed by atoms with Crippen LogP contribution in [0.5, 0.6) is 5.75 Å². The molecule has 21 heavy (non-hydrogen) atoms. The summed E-state index contributed by atoms with van der Waals surface area (Å²) < 4.78 is 5.59. The molecule has 1 N–H and O–H groups in total. The molecule has 0 spiro atoms. The maximum absolute atomic E-state index is 5.59. The van der Waals surface area contributed by atoms with E-state index in [9.17, 15) is 0 Å². The molecule has 0 radical (unpaired) electrons. The summed E-state index contributed by atoms with van der Waals surface area (Å²) in [6.45, 7) is 0.824. The van der Waals surface area contributed by atoms with E-state index in [-0.39, 0.29) is 0 Å². The average molecular weight is 279 g/mol. The van der Waals surface area contributed by atoms with Crippen molar-refractivity contribution in [2.75, 3.05) is 11.9 Å². The van der Waals surface area contributed by atoms with E-state index in [1.54, 1.807) is 0 Å². The van der Waals surface area contributed by atoms with Crippen molar-refractivity contribution in [2.24, 2.45) is 0 Å². The first-order valence-corrected chi connectivity index (χ1v) is 8.00. The van der Waals surface area contributed by atoms with Gasteiger partial charge in [-0.05, 0) is 54.2 Å². The number of benzene rings is 2. The molecular weight excluding hydrogens is 258 g/mol. The van der Waals surface area contributed by atoms with E-state index in [0.717, 1.165) is 18.8 Å². The lowest BCUT2D eigenvalue weighted by molar-refractivity contribution is 0.357. The van der Waals surface area contributed by atoms with Gasteiger partial charge in [0.25, 0.3) is 0 Å². The van der Waals surface area contributed by atoms with Crippen LogP contribution in [0.25, 0.3) is 0 Å². The molecule has 108 valence electrons. The first-order chi connectivity index (χ1) is 10.4. The van der Waals surface area contributed by atoms with E-state index in [2.05, 4.69) is 47.8 Å². The summed E-state index contributed by atoms with van der Waals surface area (Å²) in [5.74, 6) is 1.06. The minimum absolute atomic E-state index is 0.434. The third-order valence-electron chi connectivity index (χ3n) is 4.65. The Kier molecular flexibility index (Phi) is 3.30. The van der Waals surface area contributed by atoms with Crippen LogP contribution in [0.2, 0.25) is 0 Å². The van der Waals surface area contributed by atoms with E-state index in [4.69, 9.17) is 4.74 Å². The lowest BCUT2D eigenvalue weighted by Gasteiger charge is -2.21. The topological polar surface area (TPSA) is 21.3 Å². The first kappa shape index (κ1) is 12.8. The Morgan fingerprint density at radius 3 is 2.90 bits per heavy atom. The fourth-order valence-electron chi connectivity index (χ4n) is 3.55. The van der Waals surface area contributed by atoms with Crippen molar-refractivity contribution >= 4 is 5.69 Å². The van der Waals surface area contributed by atoms with Gasteiger partial charge in [-0.2, -0.15) is 0 Å². The van der Waals surface area contributed by atoms with Crippen molar-refractivity contribution < 1.29 is 4.74 Å². The molecule has 1 aliphatic carbocycles. The summed E-state index contributed by atoms with van der Waals surface area (Å²) in [6, 6.07) is 15.8. The number of nitrogens with one attached hydrogen (secondary N) is 1. The van der Waals surface area contributed by atoms with E-state index in [1.165, 1.54) is 48.1 Å². The second kappa shape index (κ2) is 5.44. The Morgan fingerprint density at radius 1 is 0.952 bits per heavy atom. The van der Waals surface area contributed by atoms with Gasteiger partial charge in [0.1, 0.15) is 5.75 Å². The van der Waals surface area contributed by atoms with Gasteiger partial charge in [-0.15, -0.1) is 0 Å². The number of aryl methyl sites for hydroxylation is 1. The van der Waals surface area contributed by atoms with Crippen LogP contribution in [-0.2, 0) is 12.8 Å². The van der Waals surface area contributed by atoms with Crippen LogP contribution in [-0.4, -0.2) is 6.61 Å². The van der Waals surface area contributed by atoms with Crippen molar-refractivity contribution in [2.45, 2.75) is 38.1 Å². The molecule has 1 atom stereocenters. The minimum Gasteiger partial charge on any atom is -0.493 e. The monoisotopic (exact) mass is 279 g/mol. The van der Waals surface area contributed by atoms with Gasteiger partial charge in [0.05, 0.1) is 12.6 Å². The predicted molar refractivity (Wildman–Crippen MR) is 86.0 cm³/mol. The Bertz CT molecular complexity index is 650.